The summed E-state index contributed by atoms with van der Waals surface area (Å²) >= 11 is 0. The van der Waals surface area contributed by atoms with Crippen molar-refractivity contribution in [2.75, 3.05) is 20.1 Å². The molecule has 2 aromatic carbocycles. The lowest BCUT2D eigenvalue weighted by molar-refractivity contribution is 0.250. The fourth-order valence-corrected chi connectivity index (χ4v) is 4.05. The maximum Gasteiger partial charge on any atom is 0.235 e. The third-order valence-corrected chi connectivity index (χ3v) is 5.44. The molecule has 6 heteroatoms. The van der Waals surface area contributed by atoms with Crippen molar-refractivity contribution in [2.45, 2.75) is 25.7 Å². The minimum absolute atomic E-state index is 0.0120. The van der Waals surface area contributed by atoms with Crippen LogP contribution in [0.2, 0.25) is 0 Å². The fourth-order valence-electron chi connectivity index (χ4n) is 4.05. The van der Waals surface area contributed by atoms with Crippen molar-refractivity contribution in [3.63, 3.8) is 0 Å². The molecule has 1 atom stereocenters. The number of aromatic hydroxyl groups is 3. The number of phenolic OH excluding ortho intramolecular Hbond substituents is 2. The van der Waals surface area contributed by atoms with Crippen LogP contribution in [0.25, 0.3) is 22.3 Å². The lowest BCUT2D eigenvalue weighted by Gasteiger charge is -2.30. The molecule has 0 radical (unpaired) electrons. The third kappa shape index (κ3) is 3.10. The largest absolute Gasteiger partial charge is 0.504 e. The quantitative estimate of drug-likeness (QED) is 0.586. The summed E-state index contributed by atoms with van der Waals surface area (Å²) in [7, 11) is 2.08. The lowest BCUT2D eigenvalue weighted by Crippen LogP contribution is -2.31. The highest BCUT2D eigenvalue weighted by atomic mass is 16.4. The van der Waals surface area contributed by atoms with Gasteiger partial charge >= 0.3 is 0 Å². The molecule has 2 heterocycles. The molecule has 0 saturated carbocycles. The van der Waals surface area contributed by atoms with Gasteiger partial charge in [-0.2, -0.15) is 0 Å². The number of hydrogen-bond donors (Lipinski definition) is 3. The molecule has 0 bridgehead atoms. The van der Waals surface area contributed by atoms with Gasteiger partial charge in [0, 0.05) is 23.6 Å². The first-order valence-corrected chi connectivity index (χ1v) is 9.36. The zero-order chi connectivity index (χ0) is 20.0. The van der Waals surface area contributed by atoms with E-state index in [0.29, 0.717) is 16.5 Å². The molecule has 3 N–H and O–H groups in total. The molecule has 6 nitrogen and oxygen atoms in total. The van der Waals surface area contributed by atoms with Gasteiger partial charge < -0.3 is 24.6 Å². The van der Waals surface area contributed by atoms with Crippen molar-refractivity contribution in [2.24, 2.45) is 0 Å². The second-order valence-corrected chi connectivity index (χ2v) is 7.64. The second kappa shape index (κ2) is 6.87. The average Bonchev–Trinajstić information content (AvgIpc) is 2.67. The van der Waals surface area contributed by atoms with E-state index in [2.05, 4.69) is 11.9 Å². The van der Waals surface area contributed by atoms with Crippen LogP contribution < -0.4 is 5.43 Å². The third-order valence-electron chi connectivity index (χ3n) is 5.44. The number of phenols is 2. The number of rotatable bonds is 2. The van der Waals surface area contributed by atoms with Crippen LogP contribution in [0.15, 0.2) is 39.5 Å². The SMILES string of the molecule is Cc1cc(C2CCCN(C)C2)c2oc(-c3ccc(O)c(O)c3)c(O)c(=O)c2c1. The van der Waals surface area contributed by atoms with Gasteiger partial charge in [-0.15, -0.1) is 0 Å². The van der Waals surface area contributed by atoms with Crippen molar-refractivity contribution in [3.05, 3.63) is 51.7 Å². The van der Waals surface area contributed by atoms with E-state index in [0.717, 1.165) is 37.1 Å². The Morgan fingerprint density at radius 2 is 1.89 bits per heavy atom. The molecule has 1 aliphatic heterocycles. The topological polar surface area (TPSA) is 94.1 Å². The number of nitrogens with zero attached hydrogens (tertiary/aromatic N) is 1. The molecule has 28 heavy (non-hydrogen) atoms. The van der Waals surface area contributed by atoms with Crippen molar-refractivity contribution in [3.8, 4) is 28.6 Å². The second-order valence-electron chi connectivity index (χ2n) is 7.64. The summed E-state index contributed by atoms with van der Waals surface area (Å²) < 4.78 is 6.07. The Morgan fingerprint density at radius 3 is 2.61 bits per heavy atom. The van der Waals surface area contributed by atoms with Gasteiger partial charge in [0.2, 0.25) is 11.2 Å². The molecule has 1 saturated heterocycles. The number of likely N-dealkylation sites (tertiary alicyclic amines) is 1. The van der Waals surface area contributed by atoms with Crippen LogP contribution in [0.1, 0.15) is 29.9 Å². The highest BCUT2D eigenvalue weighted by Gasteiger charge is 2.25. The Morgan fingerprint density at radius 1 is 1.11 bits per heavy atom. The number of fused-ring (bicyclic) bond motifs is 1. The molecular formula is C22H23NO5. The van der Waals surface area contributed by atoms with Crippen molar-refractivity contribution in [1.82, 2.24) is 4.90 Å². The molecule has 1 fully saturated rings. The first-order chi connectivity index (χ1) is 13.3. The lowest BCUT2D eigenvalue weighted by atomic mass is 9.88. The fraction of sp³-hybridized carbons (Fsp3) is 0.318. The summed E-state index contributed by atoms with van der Waals surface area (Å²) in [5.74, 6) is -0.919. The van der Waals surface area contributed by atoms with E-state index < -0.39 is 11.2 Å². The maximum absolute atomic E-state index is 12.9. The van der Waals surface area contributed by atoms with E-state index in [-0.39, 0.29) is 23.2 Å². The monoisotopic (exact) mass is 381 g/mol. The molecular weight excluding hydrogens is 358 g/mol. The van der Waals surface area contributed by atoms with Gasteiger partial charge in [-0.25, -0.2) is 0 Å². The molecule has 146 valence electrons. The van der Waals surface area contributed by atoms with E-state index in [4.69, 9.17) is 4.42 Å². The predicted molar refractivity (Wildman–Crippen MR) is 107 cm³/mol. The number of likely N-dealkylation sites (N-methyl/N-ethyl adjacent to an activating group) is 1. The van der Waals surface area contributed by atoms with E-state index in [9.17, 15) is 20.1 Å². The Kier molecular flexibility index (Phi) is 4.51. The van der Waals surface area contributed by atoms with E-state index in [1.54, 1.807) is 6.07 Å². The molecule has 0 amide bonds. The van der Waals surface area contributed by atoms with Crippen LogP contribution >= 0.6 is 0 Å². The van der Waals surface area contributed by atoms with Gasteiger partial charge in [0.05, 0.1) is 5.39 Å². The van der Waals surface area contributed by atoms with E-state index in [1.165, 1.54) is 18.2 Å². The van der Waals surface area contributed by atoms with Crippen LogP contribution in [-0.2, 0) is 0 Å². The van der Waals surface area contributed by atoms with Gasteiger partial charge in [-0.05, 0) is 63.2 Å². The Bertz CT molecular complexity index is 1120. The van der Waals surface area contributed by atoms with Crippen LogP contribution in [0.3, 0.4) is 0 Å². The van der Waals surface area contributed by atoms with Gasteiger partial charge in [-0.3, -0.25) is 4.79 Å². The number of benzene rings is 2. The predicted octanol–water partition coefficient (Wildman–Crippen LogP) is 3.69. The average molecular weight is 381 g/mol. The van der Waals surface area contributed by atoms with Gasteiger partial charge in [-0.1, -0.05) is 6.07 Å². The summed E-state index contributed by atoms with van der Waals surface area (Å²) in [6, 6.07) is 7.82. The van der Waals surface area contributed by atoms with Crippen molar-refractivity contribution in [1.29, 1.82) is 0 Å². The number of aryl methyl sites for hydroxylation is 1. The maximum atomic E-state index is 12.9. The first kappa shape index (κ1) is 18.4. The Balaban J connectivity index is 1.97. The molecule has 1 unspecified atom stereocenters. The van der Waals surface area contributed by atoms with Crippen LogP contribution in [0.4, 0.5) is 0 Å². The summed E-state index contributed by atoms with van der Waals surface area (Å²) in [5.41, 5.74) is 2.19. The first-order valence-electron chi connectivity index (χ1n) is 9.36. The minimum Gasteiger partial charge on any atom is -0.504 e. The molecule has 0 aliphatic carbocycles. The zero-order valence-corrected chi connectivity index (χ0v) is 15.9. The van der Waals surface area contributed by atoms with Crippen molar-refractivity contribution >= 4 is 11.0 Å². The Hall–Kier alpha value is -2.99. The number of piperidine rings is 1. The van der Waals surface area contributed by atoms with Crippen LogP contribution in [-0.4, -0.2) is 40.4 Å². The van der Waals surface area contributed by atoms with Gasteiger partial charge in [0.1, 0.15) is 5.58 Å². The van der Waals surface area contributed by atoms with E-state index >= 15 is 0 Å². The summed E-state index contributed by atoms with van der Waals surface area (Å²) in [6.45, 7) is 3.85. The molecule has 0 spiro atoms. The normalized spacial score (nSPS) is 17.9. The van der Waals surface area contributed by atoms with Crippen molar-refractivity contribution < 1.29 is 19.7 Å². The summed E-state index contributed by atoms with van der Waals surface area (Å²) in [4.78, 5) is 15.2. The molecule has 1 aromatic heterocycles. The standard InChI is InChI=1S/C22H23NO5/c1-12-8-15(14-4-3-7-23(2)11-14)22-16(9-12)19(26)20(27)21(28-22)13-5-6-17(24)18(25)10-13/h5-6,8-10,14,24-25,27H,3-4,7,11H2,1-2H3. The molecule has 1 aliphatic rings. The van der Waals surface area contributed by atoms with Gasteiger partial charge in [0.25, 0.3) is 0 Å². The zero-order valence-electron chi connectivity index (χ0n) is 15.9. The van der Waals surface area contributed by atoms with E-state index in [1.807, 2.05) is 13.0 Å². The molecule has 3 aromatic rings. The highest BCUT2D eigenvalue weighted by Crippen LogP contribution is 2.38. The highest BCUT2D eigenvalue weighted by molar-refractivity contribution is 5.85. The van der Waals surface area contributed by atoms with Gasteiger partial charge in [0.15, 0.2) is 17.3 Å². The Labute approximate surface area is 162 Å². The van der Waals surface area contributed by atoms with Crippen LogP contribution in [0.5, 0.6) is 17.2 Å². The minimum atomic E-state index is -0.505. The summed E-state index contributed by atoms with van der Waals surface area (Å²) in [5, 5.41) is 30.2. The smallest absolute Gasteiger partial charge is 0.235 e. The summed E-state index contributed by atoms with van der Waals surface area (Å²) in [6.07, 6.45) is 2.07. The number of hydrogen-bond acceptors (Lipinski definition) is 6. The van der Waals surface area contributed by atoms with Crippen LogP contribution in [0, 0.1) is 6.92 Å². The molecule has 4 rings (SSSR count).